The lowest BCUT2D eigenvalue weighted by molar-refractivity contribution is 0.120. The molecule has 8 nitrogen and oxygen atoms in total. The fourth-order valence-electron chi connectivity index (χ4n) is 3.57. The summed E-state index contributed by atoms with van der Waals surface area (Å²) in [6.07, 6.45) is 2.17. The van der Waals surface area contributed by atoms with Gasteiger partial charge in [0.25, 0.3) is 5.56 Å². The van der Waals surface area contributed by atoms with Crippen LogP contribution >= 0.6 is 23.2 Å². The standard InChI is InChI=1S/C19H21Cl2N5O3/c1-24-15-16(23-18(24)22-9-12-4-3-7-29-12)25(2)19(28)26(17(15)27)10-11-5-6-13(20)14(21)8-11/h5-6,8,12H,3-4,7,9-10H2,1-2H3,(H,22,23)/t12-/m0/s1. The van der Waals surface area contributed by atoms with Gasteiger partial charge in [0.1, 0.15) is 0 Å². The molecule has 0 amide bonds. The van der Waals surface area contributed by atoms with E-state index in [0.717, 1.165) is 19.4 Å². The van der Waals surface area contributed by atoms with Crippen LogP contribution in [0.4, 0.5) is 5.95 Å². The molecule has 1 aliphatic heterocycles. The molecule has 0 saturated carbocycles. The Kier molecular flexibility index (Phi) is 5.42. The molecule has 0 unspecified atom stereocenters. The normalized spacial score (nSPS) is 16.6. The highest BCUT2D eigenvalue weighted by molar-refractivity contribution is 6.42. The maximum absolute atomic E-state index is 13.1. The van der Waals surface area contributed by atoms with Crippen molar-refractivity contribution in [2.24, 2.45) is 14.1 Å². The summed E-state index contributed by atoms with van der Waals surface area (Å²) in [7, 11) is 3.36. The topological polar surface area (TPSA) is 83.1 Å². The second-order valence-electron chi connectivity index (χ2n) is 7.16. The summed E-state index contributed by atoms with van der Waals surface area (Å²) in [6, 6.07) is 5.03. The van der Waals surface area contributed by atoms with Gasteiger partial charge in [-0.2, -0.15) is 4.98 Å². The smallest absolute Gasteiger partial charge is 0.332 e. The Hall–Kier alpha value is -2.29. The number of nitrogens with one attached hydrogen (secondary N) is 1. The SMILES string of the molecule is Cn1c(NC[C@@H]2CCCO2)nc2c1c(=O)n(Cc1ccc(Cl)c(Cl)c1)c(=O)n2C. The van der Waals surface area contributed by atoms with E-state index in [9.17, 15) is 9.59 Å². The zero-order valence-electron chi connectivity index (χ0n) is 16.1. The molecule has 0 spiro atoms. The van der Waals surface area contributed by atoms with E-state index in [1.807, 2.05) is 0 Å². The summed E-state index contributed by atoms with van der Waals surface area (Å²) in [4.78, 5) is 30.4. The summed E-state index contributed by atoms with van der Waals surface area (Å²) in [6.45, 7) is 1.45. The number of hydrogen-bond acceptors (Lipinski definition) is 5. The van der Waals surface area contributed by atoms with Crippen molar-refractivity contribution in [2.45, 2.75) is 25.5 Å². The molecular weight excluding hydrogens is 417 g/mol. The van der Waals surface area contributed by atoms with Crippen LogP contribution in [0.2, 0.25) is 10.0 Å². The molecule has 154 valence electrons. The van der Waals surface area contributed by atoms with Crippen molar-refractivity contribution in [1.82, 2.24) is 18.7 Å². The first-order valence-corrected chi connectivity index (χ1v) is 10.1. The Balaban J connectivity index is 1.74. The minimum absolute atomic E-state index is 0.0855. The van der Waals surface area contributed by atoms with Gasteiger partial charge in [-0.05, 0) is 30.5 Å². The molecule has 0 radical (unpaired) electrons. The number of halogens is 2. The number of anilines is 1. The van der Waals surface area contributed by atoms with Gasteiger partial charge in [-0.15, -0.1) is 0 Å². The Morgan fingerprint density at radius 2 is 2.00 bits per heavy atom. The van der Waals surface area contributed by atoms with Crippen LogP contribution in [0.15, 0.2) is 27.8 Å². The number of imidazole rings is 1. The van der Waals surface area contributed by atoms with Crippen LogP contribution in [-0.4, -0.2) is 37.9 Å². The number of aromatic nitrogens is 4. The molecule has 3 heterocycles. The molecular formula is C19H21Cl2N5O3. The molecule has 1 aromatic carbocycles. The van der Waals surface area contributed by atoms with Crippen molar-refractivity contribution >= 4 is 40.3 Å². The van der Waals surface area contributed by atoms with Crippen LogP contribution in [-0.2, 0) is 25.4 Å². The highest BCUT2D eigenvalue weighted by Crippen LogP contribution is 2.23. The minimum atomic E-state index is -0.447. The lowest BCUT2D eigenvalue weighted by Crippen LogP contribution is -2.39. The van der Waals surface area contributed by atoms with Gasteiger partial charge in [0.2, 0.25) is 5.95 Å². The van der Waals surface area contributed by atoms with Gasteiger partial charge < -0.3 is 14.6 Å². The highest BCUT2D eigenvalue weighted by atomic mass is 35.5. The lowest BCUT2D eigenvalue weighted by Gasteiger charge is -2.11. The fraction of sp³-hybridized carbons (Fsp3) is 0.421. The molecule has 1 N–H and O–H groups in total. The number of aryl methyl sites for hydroxylation is 2. The first-order chi connectivity index (χ1) is 13.9. The molecule has 1 fully saturated rings. The number of ether oxygens (including phenoxy) is 1. The van der Waals surface area contributed by atoms with Gasteiger partial charge >= 0.3 is 5.69 Å². The number of hydrogen-bond donors (Lipinski definition) is 1. The van der Waals surface area contributed by atoms with Gasteiger partial charge in [0, 0.05) is 27.2 Å². The van der Waals surface area contributed by atoms with Crippen LogP contribution < -0.4 is 16.6 Å². The van der Waals surface area contributed by atoms with Crippen LogP contribution in [0.3, 0.4) is 0 Å². The van der Waals surface area contributed by atoms with Gasteiger partial charge in [-0.3, -0.25) is 13.9 Å². The summed E-state index contributed by atoms with van der Waals surface area (Å²) in [5, 5.41) is 4.02. The van der Waals surface area contributed by atoms with Gasteiger partial charge in [-0.25, -0.2) is 4.79 Å². The second kappa shape index (κ2) is 7.85. The Morgan fingerprint density at radius 1 is 1.21 bits per heavy atom. The number of benzene rings is 1. The molecule has 1 atom stereocenters. The van der Waals surface area contributed by atoms with Gasteiger partial charge in [0.15, 0.2) is 11.2 Å². The van der Waals surface area contributed by atoms with Gasteiger partial charge in [-0.1, -0.05) is 29.3 Å². The van der Waals surface area contributed by atoms with Crippen molar-refractivity contribution in [2.75, 3.05) is 18.5 Å². The van der Waals surface area contributed by atoms with Crippen molar-refractivity contribution in [3.05, 3.63) is 54.6 Å². The third-order valence-electron chi connectivity index (χ3n) is 5.20. The van der Waals surface area contributed by atoms with Crippen LogP contribution in [0, 0.1) is 0 Å². The third kappa shape index (κ3) is 3.68. The second-order valence-corrected chi connectivity index (χ2v) is 7.98. The predicted molar refractivity (Wildman–Crippen MR) is 113 cm³/mol. The van der Waals surface area contributed by atoms with E-state index in [0.29, 0.717) is 39.3 Å². The zero-order chi connectivity index (χ0) is 20.7. The average Bonchev–Trinajstić information content (AvgIpc) is 3.32. The molecule has 10 heteroatoms. The molecule has 0 bridgehead atoms. The Morgan fingerprint density at radius 3 is 2.69 bits per heavy atom. The van der Waals surface area contributed by atoms with Crippen molar-refractivity contribution in [1.29, 1.82) is 0 Å². The van der Waals surface area contributed by atoms with E-state index >= 15 is 0 Å². The summed E-state index contributed by atoms with van der Waals surface area (Å²) >= 11 is 12.0. The Bertz CT molecular complexity index is 1190. The fourth-order valence-corrected chi connectivity index (χ4v) is 3.89. The lowest BCUT2D eigenvalue weighted by atomic mass is 10.2. The molecule has 2 aromatic heterocycles. The van der Waals surface area contributed by atoms with Crippen molar-refractivity contribution < 1.29 is 4.74 Å². The van der Waals surface area contributed by atoms with E-state index in [1.165, 1.54) is 9.13 Å². The first-order valence-electron chi connectivity index (χ1n) is 9.32. The van der Waals surface area contributed by atoms with Crippen molar-refractivity contribution in [3.8, 4) is 0 Å². The zero-order valence-corrected chi connectivity index (χ0v) is 17.6. The molecule has 0 aliphatic carbocycles. The van der Waals surface area contributed by atoms with E-state index in [-0.39, 0.29) is 12.6 Å². The Labute approximate surface area is 176 Å². The summed E-state index contributed by atoms with van der Waals surface area (Å²) < 4.78 is 9.85. The maximum Gasteiger partial charge on any atom is 0.332 e. The number of rotatable bonds is 5. The maximum atomic E-state index is 13.1. The molecule has 29 heavy (non-hydrogen) atoms. The highest BCUT2D eigenvalue weighted by Gasteiger charge is 2.20. The first kappa shape index (κ1) is 20.0. The molecule has 3 aromatic rings. The van der Waals surface area contributed by atoms with E-state index in [2.05, 4.69) is 10.3 Å². The average molecular weight is 438 g/mol. The van der Waals surface area contributed by atoms with E-state index in [4.69, 9.17) is 27.9 Å². The van der Waals surface area contributed by atoms with Crippen LogP contribution in [0.5, 0.6) is 0 Å². The van der Waals surface area contributed by atoms with Crippen LogP contribution in [0.1, 0.15) is 18.4 Å². The number of fused-ring (bicyclic) bond motifs is 1. The monoisotopic (exact) mass is 437 g/mol. The minimum Gasteiger partial charge on any atom is -0.376 e. The van der Waals surface area contributed by atoms with Crippen molar-refractivity contribution in [3.63, 3.8) is 0 Å². The molecule has 1 saturated heterocycles. The quantitative estimate of drug-likeness (QED) is 0.662. The molecule has 4 rings (SSSR count). The van der Waals surface area contributed by atoms with Gasteiger partial charge in [0.05, 0.1) is 22.7 Å². The molecule has 1 aliphatic rings. The van der Waals surface area contributed by atoms with E-state index in [1.54, 1.807) is 36.9 Å². The third-order valence-corrected chi connectivity index (χ3v) is 5.94. The number of nitrogens with zero attached hydrogens (tertiary/aromatic N) is 4. The van der Waals surface area contributed by atoms with E-state index < -0.39 is 11.2 Å². The van der Waals surface area contributed by atoms with Crippen LogP contribution in [0.25, 0.3) is 11.2 Å². The summed E-state index contributed by atoms with van der Waals surface area (Å²) in [5.41, 5.74) is 0.535. The predicted octanol–water partition coefficient (Wildman–Crippen LogP) is 2.38. The largest absolute Gasteiger partial charge is 0.376 e. The summed E-state index contributed by atoms with van der Waals surface area (Å²) in [5.74, 6) is 0.523.